The quantitative estimate of drug-likeness (QED) is 0.532. The van der Waals surface area contributed by atoms with Crippen LogP contribution in [-0.4, -0.2) is 43.5 Å². The van der Waals surface area contributed by atoms with Crippen molar-refractivity contribution in [1.82, 2.24) is 4.94 Å². The molecular weight excluding hydrogens is 416 g/mol. The monoisotopic (exact) mass is 417 g/mol. The molecule has 0 aromatic carbocycles. The fourth-order valence-corrected chi connectivity index (χ4v) is 1.53. The molecule has 146 valence electrons. The molecule has 0 fully saturated rings. The minimum Gasteiger partial charge on any atom is -0.203 e. The topological polar surface area (TPSA) is 46.2 Å². The number of sulfonamides is 1. The molecule has 0 atom stereocenters. The second-order valence-electron chi connectivity index (χ2n) is 3.89. The Balaban J connectivity index is 6.52. The van der Waals surface area contributed by atoms with E-state index in [1.165, 1.54) is 0 Å². The van der Waals surface area contributed by atoms with Crippen molar-refractivity contribution in [3.05, 3.63) is 0 Å². The lowest BCUT2D eigenvalue weighted by atomic mass is 9.98. The molecule has 0 aliphatic carbocycles. The average Bonchev–Trinajstić information content (AvgIpc) is 2.36. The summed E-state index contributed by atoms with van der Waals surface area (Å²) in [6.07, 6.45) is -7.62. The Labute approximate surface area is 121 Å². The predicted octanol–water partition coefficient (Wildman–Crippen LogP) is 3.49. The van der Waals surface area contributed by atoms with Crippen molar-refractivity contribution in [3.63, 3.8) is 0 Å². The van der Waals surface area contributed by atoms with Gasteiger partial charge in [-0.1, -0.05) is 0 Å². The Kier molecular flexibility index (Phi) is 5.22. The van der Waals surface area contributed by atoms with Crippen molar-refractivity contribution in [2.75, 3.05) is 0 Å². The molecule has 1 N–H and O–H groups in total. The van der Waals surface area contributed by atoms with Crippen molar-refractivity contribution in [1.29, 1.82) is 0 Å². The summed E-state index contributed by atoms with van der Waals surface area (Å²) in [5.74, 6) is -32.6. The standard InChI is InChI=1S/C6HF14NO2S/c7-1(8,3(11,12)5(15,16)17)2(9,10)4(13,14)6(18,19)24(22,23)21-20/h21H. The van der Waals surface area contributed by atoms with Gasteiger partial charge in [0, 0.05) is 0 Å². The van der Waals surface area contributed by atoms with Crippen molar-refractivity contribution in [2.45, 2.75) is 35.1 Å². The summed E-state index contributed by atoms with van der Waals surface area (Å²) < 4.78 is 193. The summed E-state index contributed by atoms with van der Waals surface area (Å²) in [5, 5.41) is -7.55. The highest BCUT2D eigenvalue weighted by Gasteiger charge is 2.92. The van der Waals surface area contributed by atoms with Gasteiger partial charge < -0.3 is 0 Å². The first-order chi connectivity index (χ1) is 10.1. The molecule has 0 radical (unpaired) electrons. The average molecular weight is 417 g/mol. The van der Waals surface area contributed by atoms with Gasteiger partial charge in [-0.15, -0.1) is 4.48 Å². The van der Waals surface area contributed by atoms with Crippen molar-refractivity contribution >= 4 is 10.0 Å². The molecule has 0 bridgehead atoms. The van der Waals surface area contributed by atoms with Gasteiger partial charge >= 0.3 is 45.1 Å². The highest BCUT2D eigenvalue weighted by atomic mass is 32.2. The molecule has 0 saturated carbocycles. The minimum atomic E-state index is -8.30. The van der Waals surface area contributed by atoms with Crippen LogP contribution in [0.4, 0.5) is 61.6 Å². The summed E-state index contributed by atoms with van der Waals surface area (Å²) in [7, 11) is -7.52. The molecular formula is C6HF14NO2S. The number of nitrogens with one attached hydrogen (secondary N) is 1. The van der Waals surface area contributed by atoms with Gasteiger partial charge in [0.15, 0.2) is 0 Å². The maximum Gasteiger partial charge on any atom is 0.460 e. The van der Waals surface area contributed by atoms with Gasteiger partial charge in [0.2, 0.25) is 0 Å². The van der Waals surface area contributed by atoms with Crippen LogP contribution in [0.25, 0.3) is 0 Å². The van der Waals surface area contributed by atoms with Gasteiger partial charge in [-0.25, -0.2) is 8.42 Å². The van der Waals surface area contributed by atoms with Crippen molar-refractivity contribution < 1.29 is 70.0 Å². The molecule has 0 aromatic rings. The predicted molar refractivity (Wildman–Crippen MR) is 44.0 cm³/mol. The van der Waals surface area contributed by atoms with E-state index in [0.29, 0.717) is 0 Å². The van der Waals surface area contributed by atoms with Gasteiger partial charge in [0.1, 0.15) is 0 Å². The lowest BCUT2D eigenvalue weighted by molar-refractivity contribution is -0.433. The van der Waals surface area contributed by atoms with E-state index in [9.17, 15) is 70.0 Å². The van der Waals surface area contributed by atoms with E-state index in [0.717, 1.165) is 0 Å². The maximum absolute atomic E-state index is 12.8. The van der Waals surface area contributed by atoms with Crippen LogP contribution < -0.4 is 4.94 Å². The number of hydrogen-bond donors (Lipinski definition) is 1. The second-order valence-corrected chi connectivity index (χ2v) is 5.57. The van der Waals surface area contributed by atoms with E-state index in [4.69, 9.17) is 0 Å². The molecule has 0 heterocycles. The Hall–Kier alpha value is -1.07. The SMILES string of the molecule is O=S(=O)(NF)C(F)(F)C(F)(F)C(F)(F)C(F)(F)C(F)(F)C(F)(F)F. The van der Waals surface area contributed by atoms with E-state index in [2.05, 4.69) is 0 Å². The number of alkyl halides is 13. The first kappa shape index (κ1) is 22.9. The Morgan fingerprint density at radius 3 is 1.08 bits per heavy atom. The third-order valence-corrected chi connectivity index (χ3v) is 3.48. The highest BCUT2D eigenvalue weighted by molar-refractivity contribution is 7.90. The van der Waals surface area contributed by atoms with Crippen LogP contribution in [0, 0.1) is 0 Å². The van der Waals surface area contributed by atoms with Crippen LogP contribution in [0.1, 0.15) is 0 Å². The summed E-state index contributed by atoms with van der Waals surface area (Å²) in [6.45, 7) is 0. The second kappa shape index (κ2) is 5.46. The summed E-state index contributed by atoms with van der Waals surface area (Å²) >= 11 is 0. The van der Waals surface area contributed by atoms with Crippen LogP contribution in [-0.2, 0) is 10.0 Å². The Morgan fingerprint density at radius 2 is 0.833 bits per heavy atom. The molecule has 3 nitrogen and oxygen atoms in total. The number of rotatable bonds is 6. The van der Waals surface area contributed by atoms with Crippen LogP contribution >= 0.6 is 0 Å². The van der Waals surface area contributed by atoms with E-state index in [-0.39, 0.29) is 0 Å². The van der Waals surface area contributed by atoms with Crippen LogP contribution in [0.15, 0.2) is 0 Å². The molecule has 0 aliphatic rings. The summed E-state index contributed by atoms with van der Waals surface area (Å²) in [5.41, 5.74) is 0. The van der Waals surface area contributed by atoms with Crippen LogP contribution in [0.3, 0.4) is 0 Å². The number of halogens is 14. The molecule has 24 heavy (non-hydrogen) atoms. The largest absolute Gasteiger partial charge is 0.460 e. The zero-order chi connectivity index (χ0) is 20.2. The normalized spacial score (nSPS) is 16.4. The fraction of sp³-hybridized carbons (Fsp3) is 1.00. The smallest absolute Gasteiger partial charge is 0.203 e. The molecule has 0 spiro atoms. The van der Waals surface area contributed by atoms with Crippen molar-refractivity contribution in [3.8, 4) is 0 Å². The fourth-order valence-electron chi connectivity index (χ4n) is 0.972. The van der Waals surface area contributed by atoms with Crippen LogP contribution in [0.2, 0.25) is 0 Å². The molecule has 18 heteroatoms. The van der Waals surface area contributed by atoms with Crippen LogP contribution in [0.5, 0.6) is 0 Å². The lowest BCUT2D eigenvalue weighted by Crippen LogP contribution is -2.71. The third kappa shape index (κ3) is 2.66. The van der Waals surface area contributed by atoms with E-state index < -0.39 is 50.1 Å². The van der Waals surface area contributed by atoms with E-state index in [1.807, 2.05) is 0 Å². The zero-order valence-corrected chi connectivity index (χ0v) is 10.8. The van der Waals surface area contributed by atoms with Gasteiger partial charge in [-0.2, -0.15) is 57.1 Å². The first-order valence-electron chi connectivity index (χ1n) is 4.64. The molecule has 0 unspecified atom stereocenters. The molecule has 0 aromatic heterocycles. The maximum atomic E-state index is 12.8. The lowest BCUT2D eigenvalue weighted by Gasteiger charge is -2.38. The van der Waals surface area contributed by atoms with Crippen molar-refractivity contribution in [2.24, 2.45) is 0 Å². The summed E-state index contributed by atoms with van der Waals surface area (Å²) in [6, 6.07) is 0. The Bertz CT molecular complexity index is 577. The highest BCUT2D eigenvalue weighted by Crippen LogP contribution is 2.60. The minimum absolute atomic E-state index is 1.17. The Morgan fingerprint density at radius 1 is 0.542 bits per heavy atom. The van der Waals surface area contributed by atoms with E-state index in [1.54, 1.807) is 0 Å². The molecule has 0 amide bonds. The third-order valence-electron chi connectivity index (χ3n) is 2.34. The molecule has 0 aliphatic heterocycles. The molecule has 0 saturated heterocycles. The van der Waals surface area contributed by atoms with Gasteiger partial charge in [0.05, 0.1) is 0 Å². The number of hydrogen-bond acceptors (Lipinski definition) is 2. The van der Waals surface area contributed by atoms with Gasteiger partial charge in [-0.3, -0.25) is 0 Å². The zero-order valence-electron chi connectivity index (χ0n) is 10.0. The summed E-state index contributed by atoms with van der Waals surface area (Å²) in [4.78, 5) is -1.17. The van der Waals surface area contributed by atoms with E-state index >= 15 is 0 Å². The van der Waals surface area contributed by atoms with Gasteiger partial charge in [-0.05, 0) is 4.94 Å². The van der Waals surface area contributed by atoms with Gasteiger partial charge in [0.25, 0.3) is 0 Å². The molecule has 0 rings (SSSR count). The first-order valence-corrected chi connectivity index (χ1v) is 6.12.